The van der Waals surface area contributed by atoms with Gasteiger partial charge >= 0.3 is 0 Å². The first-order chi connectivity index (χ1) is 16.0. The van der Waals surface area contributed by atoms with Crippen LogP contribution in [0.2, 0.25) is 0 Å². The normalized spacial score (nSPS) is 15.7. The molecule has 33 heavy (non-hydrogen) atoms. The highest BCUT2D eigenvalue weighted by molar-refractivity contribution is 7.15. The summed E-state index contributed by atoms with van der Waals surface area (Å²) in [5.41, 5.74) is 2.83. The molecule has 1 aliphatic heterocycles. The van der Waals surface area contributed by atoms with Crippen molar-refractivity contribution in [3.05, 3.63) is 75.7 Å². The van der Waals surface area contributed by atoms with Gasteiger partial charge in [0.1, 0.15) is 0 Å². The number of carbonyl (C=O) groups excluding carboxylic acids is 3. The van der Waals surface area contributed by atoms with E-state index in [4.69, 9.17) is 0 Å². The molecule has 4 rings (SSSR count). The van der Waals surface area contributed by atoms with E-state index in [1.165, 1.54) is 0 Å². The molecule has 2 N–H and O–H groups in total. The lowest BCUT2D eigenvalue weighted by Gasteiger charge is -2.31. The number of aryl methyl sites for hydroxylation is 1. The Balaban J connectivity index is 1.33. The molecule has 2 heterocycles. The van der Waals surface area contributed by atoms with Gasteiger partial charge in [-0.3, -0.25) is 14.4 Å². The number of rotatable bonds is 6. The number of hydrogen-bond donors (Lipinski definition) is 2. The van der Waals surface area contributed by atoms with Gasteiger partial charge in [0, 0.05) is 25.3 Å². The van der Waals surface area contributed by atoms with Crippen LogP contribution in [0.25, 0.3) is 0 Å². The van der Waals surface area contributed by atoms with E-state index in [-0.39, 0.29) is 27.7 Å². The minimum Gasteiger partial charge on any atom is -0.352 e. The van der Waals surface area contributed by atoms with Gasteiger partial charge in [0.25, 0.3) is 11.8 Å². The molecule has 0 spiro atoms. The fourth-order valence-corrected chi connectivity index (χ4v) is 4.48. The molecule has 3 aromatic rings. The molecule has 1 atom stereocenters. The largest absolute Gasteiger partial charge is 0.352 e. The maximum Gasteiger partial charge on any atom is 0.286 e. The molecule has 2 aromatic carbocycles. The fraction of sp³-hybridized carbons (Fsp3) is 0.292. The van der Waals surface area contributed by atoms with Gasteiger partial charge in [-0.1, -0.05) is 59.4 Å². The molecule has 0 radical (unpaired) electrons. The summed E-state index contributed by atoms with van der Waals surface area (Å²) in [7, 11) is 0. The van der Waals surface area contributed by atoms with Gasteiger partial charge in [0.05, 0.1) is 5.92 Å². The molecule has 1 aromatic heterocycles. The van der Waals surface area contributed by atoms with E-state index >= 15 is 0 Å². The van der Waals surface area contributed by atoms with Gasteiger partial charge in [-0.15, -0.1) is 10.2 Å². The SMILES string of the molecule is Cc1cccc(CNC(=O)C2CCCN(C(=O)c3nnc(C(=O)Nc4ccccc4)s3)C2)c1. The van der Waals surface area contributed by atoms with Crippen LogP contribution in [0.1, 0.15) is 43.6 Å². The van der Waals surface area contributed by atoms with E-state index in [0.29, 0.717) is 25.3 Å². The number of hydrogen-bond acceptors (Lipinski definition) is 6. The number of piperidine rings is 1. The van der Waals surface area contributed by atoms with Crippen LogP contribution in [0, 0.1) is 12.8 Å². The molecule has 1 aliphatic rings. The van der Waals surface area contributed by atoms with Crippen molar-refractivity contribution in [2.24, 2.45) is 5.92 Å². The number of para-hydroxylation sites is 1. The third-order valence-electron chi connectivity index (χ3n) is 5.46. The van der Waals surface area contributed by atoms with Crippen molar-refractivity contribution in [2.75, 3.05) is 18.4 Å². The van der Waals surface area contributed by atoms with E-state index in [9.17, 15) is 14.4 Å². The summed E-state index contributed by atoms with van der Waals surface area (Å²) in [5, 5.41) is 13.8. The summed E-state index contributed by atoms with van der Waals surface area (Å²) in [6.07, 6.45) is 1.46. The first-order valence-corrected chi connectivity index (χ1v) is 11.6. The quantitative estimate of drug-likeness (QED) is 0.584. The van der Waals surface area contributed by atoms with Crippen molar-refractivity contribution in [1.82, 2.24) is 20.4 Å². The van der Waals surface area contributed by atoms with E-state index in [1.807, 2.05) is 49.4 Å². The van der Waals surface area contributed by atoms with Crippen LogP contribution in [0.15, 0.2) is 54.6 Å². The van der Waals surface area contributed by atoms with Crippen LogP contribution in [0.4, 0.5) is 5.69 Å². The Kier molecular flexibility index (Phi) is 7.09. The Morgan fingerprint density at radius 2 is 1.85 bits per heavy atom. The summed E-state index contributed by atoms with van der Waals surface area (Å²) in [6, 6.07) is 17.0. The Bertz CT molecular complexity index is 1150. The summed E-state index contributed by atoms with van der Waals surface area (Å²) < 4.78 is 0. The van der Waals surface area contributed by atoms with Crippen LogP contribution < -0.4 is 10.6 Å². The Morgan fingerprint density at radius 3 is 2.64 bits per heavy atom. The number of likely N-dealkylation sites (tertiary alicyclic amines) is 1. The number of benzene rings is 2. The van der Waals surface area contributed by atoms with Gasteiger partial charge in [-0.2, -0.15) is 0 Å². The standard InChI is InChI=1S/C24H25N5O3S/c1-16-7-5-8-17(13-16)14-25-20(30)18-9-6-12-29(15-18)24(32)23-28-27-22(33-23)21(31)26-19-10-3-2-4-11-19/h2-5,7-8,10-11,13,18H,6,9,12,14-15H2,1H3,(H,25,30)(H,26,31). The highest BCUT2D eigenvalue weighted by Crippen LogP contribution is 2.21. The highest BCUT2D eigenvalue weighted by Gasteiger charge is 2.30. The average Bonchev–Trinajstić information content (AvgIpc) is 3.33. The lowest BCUT2D eigenvalue weighted by Crippen LogP contribution is -2.45. The predicted molar refractivity (Wildman–Crippen MR) is 126 cm³/mol. The molecular weight excluding hydrogens is 438 g/mol. The molecule has 170 valence electrons. The van der Waals surface area contributed by atoms with Crippen molar-refractivity contribution in [3.8, 4) is 0 Å². The number of amides is 3. The minimum atomic E-state index is -0.412. The van der Waals surface area contributed by atoms with Crippen LogP contribution in [0.3, 0.4) is 0 Å². The second kappa shape index (κ2) is 10.4. The van der Waals surface area contributed by atoms with Gasteiger partial charge < -0.3 is 15.5 Å². The molecule has 1 unspecified atom stereocenters. The maximum absolute atomic E-state index is 12.9. The van der Waals surface area contributed by atoms with Crippen molar-refractivity contribution in [2.45, 2.75) is 26.3 Å². The molecule has 0 bridgehead atoms. The van der Waals surface area contributed by atoms with E-state index in [2.05, 4.69) is 20.8 Å². The molecule has 9 heteroatoms. The predicted octanol–water partition coefficient (Wildman–Crippen LogP) is 3.27. The number of aromatic nitrogens is 2. The minimum absolute atomic E-state index is 0.0609. The second-order valence-electron chi connectivity index (χ2n) is 8.03. The third-order valence-corrected chi connectivity index (χ3v) is 6.37. The van der Waals surface area contributed by atoms with Gasteiger partial charge in [-0.05, 0) is 37.5 Å². The number of nitrogens with zero attached hydrogens (tertiary/aromatic N) is 3. The van der Waals surface area contributed by atoms with Crippen molar-refractivity contribution < 1.29 is 14.4 Å². The third kappa shape index (κ3) is 5.81. The topological polar surface area (TPSA) is 104 Å². The molecule has 1 fully saturated rings. The zero-order valence-electron chi connectivity index (χ0n) is 18.3. The average molecular weight is 464 g/mol. The number of anilines is 1. The van der Waals surface area contributed by atoms with E-state index in [0.717, 1.165) is 35.3 Å². The number of nitrogens with one attached hydrogen (secondary N) is 2. The summed E-state index contributed by atoms with van der Waals surface area (Å²) in [5.74, 6) is -1.05. The van der Waals surface area contributed by atoms with Gasteiger partial charge in [0.2, 0.25) is 15.9 Å². The molecule has 0 saturated carbocycles. The molecule has 8 nitrogen and oxygen atoms in total. The summed E-state index contributed by atoms with van der Waals surface area (Å²) in [4.78, 5) is 39.7. The van der Waals surface area contributed by atoms with Gasteiger partial charge in [0.15, 0.2) is 0 Å². The summed E-state index contributed by atoms with van der Waals surface area (Å²) in [6.45, 7) is 3.34. The zero-order valence-corrected chi connectivity index (χ0v) is 19.1. The van der Waals surface area contributed by atoms with E-state index in [1.54, 1.807) is 17.0 Å². The van der Waals surface area contributed by atoms with Crippen LogP contribution in [-0.4, -0.2) is 45.9 Å². The van der Waals surface area contributed by atoms with Crippen molar-refractivity contribution in [1.29, 1.82) is 0 Å². The maximum atomic E-state index is 12.9. The highest BCUT2D eigenvalue weighted by atomic mass is 32.1. The molecule has 3 amide bonds. The van der Waals surface area contributed by atoms with Crippen molar-refractivity contribution in [3.63, 3.8) is 0 Å². The fourth-order valence-electron chi connectivity index (χ4n) is 3.77. The Labute approximate surface area is 196 Å². The molecular formula is C24H25N5O3S. The first kappa shape index (κ1) is 22.6. The first-order valence-electron chi connectivity index (χ1n) is 10.8. The Hall–Kier alpha value is -3.59. The summed E-state index contributed by atoms with van der Waals surface area (Å²) >= 11 is 0.954. The lowest BCUT2D eigenvalue weighted by molar-refractivity contribution is -0.126. The van der Waals surface area contributed by atoms with Crippen LogP contribution >= 0.6 is 11.3 Å². The van der Waals surface area contributed by atoms with Crippen molar-refractivity contribution >= 4 is 34.7 Å². The lowest BCUT2D eigenvalue weighted by atomic mass is 9.97. The molecule has 0 aliphatic carbocycles. The van der Waals surface area contributed by atoms with Crippen LogP contribution in [-0.2, 0) is 11.3 Å². The smallest absolute Gasteiger partial charge is 0.286 e. The number of carbonyl (C=O) groups is 3. The van der Waals surface area contributed by atoms with Gasteiger partial charge in [-0.25, -0.2) is 0 Å². The second-order valence-corrected chi connectivity index (χ2v) is 9.01. The molecule has 1 saturated heterocycles. The van der Waals surface area contributed by atoms with Crippen LogP contribution in [0.5, 0.6) is 0 Å². The monoisotopic (exact) mass is 463 g/mol. The Morgan fingerprint density at radius 1 is 1.06 bits per heavy atom. The zero-order chi connectivity index (χ0) is 23.2. The van der Waals surface area contributed by atoms with E-state index < -0.39 is 5.91 Å².